The lowest BCUT2D eigenvalue weighted by Crippen LogP contribution is -1.96. The van der Waals surface area contributed by atoms with Crippen molar-refractivity contribution >= 4 is 0 Å². The first-order valence-corrected chi connectivity index (χ1v) is 5.59. The minimum absolute atomic E-state index is 0.103. The van der Waals surface area contributed by atoms with E-state index in [1.54, 1.807) is 12.1 Å². The summed E-state index contributed by atoms with van der Waals surface area (Å²) in [7, 11) is 0. The van der Waals surface area contributed by atoms with E-state index in [9.17, 15) is 4.39 Å². The van der Waals surface area contributed by atoms with Gasteiger partial charge in [0.1, 0.15) is 5.82 Å². The fourth-order valence-corrected chi connectivity index (χ4v) is 2.36. The Hall–Kier alpha value is -0.850. The molecule has 0 spiro atoms. The Balaban J connectivity index is 1.85. The van der Waals surface area contributed by atoms with Gasteiger partial charge in [0.05, 0.1) is 0 Å². The maximum absolute atomic E-state index is 12.9. The van der Waals surface area contributed by atoms with Crippen LogP contribution in [0.3, 0.4) is 0 Å². The third-order valence-electron chi connectivity index (χ3n) is 3.21. The van der Waals surface area contributed by atoms with Crippen LogP contribution >= 0.6 is 0 Å². The van der Waals surface area contributed by atoms with E-state index < -0.39 is 0 Å². The summed E-state index contributed by atoms with van der Waals surface area (Å²) >= 11 is 0. The lowest BCUT2D eigenvalue weighted by Gasteiger charge is -2.08. The van der Waals surface area contributed by atoms with Gasteiger partial charge in [-0.05, 0) is 36.5 Å². The van der Waals surface area contributed by atoms with Gasteiger partial charge in [0.2, 0.25) is 0 Å². The quantitative estimate of drug-likeness (QED) is 0.680. The molecule has 1 aromatic rings. The highest BCUT2D eigenvalue weighted by molar-refractivity contribution is 5.16. The van der Waals surface area contributed by atoms with Crippen molar-refractivity contribution in [1.29, 1.82) is 0 Å². The van der Waals surface area contributed by atoms with Gasteiger partial charge < -0.3 is 0 Å². The normalized spacial score (nSPS) is 17.5. The molecule has 0 N–H and O–H groups in total. The lowest BCUT2D eigenvalue weighted by molar-refractivity contribution is 0.503. The van der Waals surface area contributed by atoms with E-state index >= 15 is 0 Å². The van der Waals surface area contributed by atoms with E-state index in [-0.39, 0.29) is 5.82 Å². The van der Waals surface area contributed by atoms with Gasteiger partial charge >= 0.3 is 0 Å². The summed E-state index contributed by atoms with van der Waals surface area (Å²) in [4.78, 5) is 0. The van der Waals surface area contributed by atoms with Crippen LogP contribution in [0.2, 0.25) is 0 Å². The van der Waals surface area contributed by atoms with Crippen LogP contribution in [0, 0.1) is 11.7 Å². The van der Waals surface area contributed by atoms with E-state index in [1.807, 2.05) is 6.07 Å². The number of benzene rings is 1. The Morgan fingerprint density at radius 3 is 2.71 bits per heavy atom. The molecule has 0 radical (unpaired) electrons. The molecule has 0 unspecified atom stereocenters. The van der Waals surface area contributed by atoms with Gasteiger partial charge in [0.15, 0.2) is 0 Å². The number of hydrogen-bond donors (Lipinski definition) is 0. The maximum atomic E-state index is 12.9. The monoisotopic (exact) mass is 192 g/mol. The topological polar surface area (TPSA) is 0 Å². The van der Waals surface area contributed by atoms with Crippen LogP contribution < -0.4 is 0 Å². The molecule has 76 valence electrons. The van der Waals surface area contributed by atoms with E-state index in [4.69, 9.17) is 0 Å². The molecule has 0 saturated heterocycles. The standard InChI is InChI=1S/C13H17F/c14-13-7-3-6-12(10-13)9-8-11-4-1-2-5-11/h3,6-7,10-11H,1-2,4-5,8-9H2. The first-order valence-electron chi connectivity index (χ1n) is 5.59. The first kappa shape index (κ1) is 9.70. The summed E-state index contributed by atoms with van der Waals surface area (Å²) < 4.78 is 12.9. The molecule has 1 heteroatoms. The van der Waals surface area contributed by atoms with Crippen molar-refractivity contribution < 1.29 is 4.39 Å². The zero-order valence-corrected chi connectivity index (χ0v) is 8.51. The molecule has 1 aliphatic carbocycles. The Labute approximate surface area is 85.1 Å². The molecule has 0 amide bonds. The van der Waals surface area contributed by atoms with Crippen LogP contribution in [0.15, 0.2) is 24.3 Å². The van der Waals surface area contributed by atoms with Crippen LogP contribution in [0.25, 0.3) is 0 Å². The summed E-state index contributed by atoms with van der Waals surface area (Å²) in [5.74, 6) is 0.798. The number of hydrogen-bond acceptors (Lipinski definition) is 0. The Morgan fingerprint density at radius 2 is 2.00 bits per heavy atom. The Bertz CT molecular complexity index is 287. The van der Waals surface area contributed by atoms with Gasteiger partial charge in [-0.25, -0.2) is 4.39 Å². The summed E-state index contributed by atoms with van der Waals surface area (Å²) in [5, 5.41) is 0. The second-order valence-electron chi connectivity index (χ2n) is 4.32. The van der Waals surface area contributed by atoms with E-state index in [2.05, 4.69) is 0 Å². The maximum Gasteiger partial charge on any atom is 0.123 e. The third kappa shape index (κ3) is 2.57. The largest absolute Gasteiger partial charge is 0.207 e. The van der Waals surface area contributed by atoms with E-state index in [1.165, 1.54) is 38.2 Å². The summed E-state index contributed by atoms with van der Waals surface area (Å²) in [6.07, 6.45) is 7.85. The van der Waals surface area contributed by atoms with Crippen LogP contribution in [-0.4, -0.2) is 0 Å². The molecule has 14 heavy (non-hydrogen) atoms. The van der Waals surface area contributed by atoms with Gasteiger partial charge in [-0.3, -0.25) is 0 Å². The van der Waals surface area contributed by atoms with Crippen molar-refractivity contribution in [2.24, 2.45) is 5.92 Å². The molecule has 0 aliphatic heterocycles. The van der Waals surface area contributed by atoms with Gasteiger partial charge in [-0.15, -0.1) is 0 Å². The number of rotatable bonds is 3. The number of aryl methyl sites for hydroxylation is 1. The molecule has 1 saturated carbocycles. The molecule has 0 nitrogen and oxygen atoms in total. The highest BCUT2D eigenvalue weighted by Crippen LogP contribution is 2.28. The molecule has 0 bridgehead atoms. The summed E-state index contributed by atoms with van der Waals surface area (Å²) in [6, 6.07) is 7.01. The lowest BCUT2D eigenvalue weighted by atomic mass is 9.98. The minimum Gasteiger partial charge on any atom is -0.207 e. The molecule has 2 rings (SSSR count). The van der Waals surface area contributed by atoms with Gasteiger partial charge in [0, 0.05) is 0 Å². The molecule has 0 atom stereocenters. The smallest absolute Gasteiger partial charge is 0.123 e. The zero-order chi connectivity index (χ0) is 9.80. The molecule has 1 fully saturated rings. The average molecular weight is 192 g/mol. The predicted octanol–water partition coefficient (Wildman–Crippen LogP) is 3.95. The SMILES string of the molecule is Fc1cccc(CCC2CCCC2)c1. The van der Waals surface area contributed by atoms with E-state index in [0.717, 1.165) is 17.9 Å². The van der Waals surface area contributed by atoms with Gasteiger partial charge in [-0.2, -0.15) is 0 Å². The van der Waals surface area contributed by atoms with Crippen molar-refractivity contribution in [3.05, 3.63) is 35.6 Å². The highest BCUT2D eigenvalue weighted by atomic mass is 19.1. The molecule has 1 aliphatic rings. The molecule has 0 aromatic heterocycles. The molecular formula is C13H17F. The predicted molar refractivity (Wildman–Crippen MR) is 56.7 cm³/mol. The van der Waals surface area contributed by atoms with Crippen molar-refractivity contribution in [2.75, 3.05) is 0 Å². The molecule has 0 heterocycles. The second kappa shape index (κ2) is 4.59. The highest BCUT2D eigenvalue weighted by Gasteiger charge is 2.14. The number of halogens is 1. The van der Waals surface area contributed by atoms with Crippen LogP contribution in [-0.2, 0) is 6.42 Å². The van der Waals surface area contributed by atoms with Crippen molar-refractivity contribution in [3.63, 3.8) is 0 Å². The minimum atomic E-state index is -0.103. The zero-order valence-electron chi connectivity index (χ0n) is 8.51. The van der Waals surface area contributed by atoms with E-state index in [0.29, 0.717) is 0 Å². The fourth-order valence-electron chi connectivity index (χ4n) is 2.36. The molecular weight excluding hydrogens is 175 g/mol. The van der Waals surface area contributed by atoms with Crippen molar-refractivity contribution in [2.45, 2.75) is 38.5 Å². The van der Waals surface area contributed by atoms with Gasteiger partial charge in [-0.1, -0.05) is 37.8 Å². The molecule has 1 aromatic carbocycles. The fraction of sp³-hybridized carbons (Fsp3) is 0.538. The first-order chi connectivity index (χ1) is 6.84. The summed E-state index contributed by atoms with van der Waals surface area (Å²) in [6.45, 7) is 0. The van der Waals surface area contributed by atoms with Crippen LogP contribution in [0.5, 0.6) is 0 Å². The second-order valence-corrected chi connectivity index (χ2v) is 4.32. The van der Waals surface area contributed by atoms with Gasteiger partial charge in [0.25, 0.3) is 0 Å². The van der Waals surface area contributed by atoms with Crippen LogP contribution in [0.1, 0.15) is 37.7 Å². The average Bonchev–Trinajstić information content (AvgIpc) is 2.67. The van der Waals surface area contributed by atoms with Crippen molar-refractivity contribution in [1.82, 2.24) is 0 Å². The van der Waals surface area contributed by atoms with Crippen molar-refractivity contribution in [3.8, 4) is 0 Å². The Morgan fingerprint density at radius 1 is 1.21 bits per heavy atom. The summed E-state index contributed by atoms with van der Waals surface area (Å²) in [5.41, 5.74) is 1.15. The van der Waals surface area contributed by atoms with Crippen LogP contribution in [0.4, 0.5) is 4.39 Å². The Kier molecular flexibility index (Phi) is 3.18. The third-order valence-corrected chi connectivity index (χ3v) is 3.21.